The SMILES string of the molecule is CC(CC#N)N(C)S(=O)(=O)c1ccc(C(=O)O)s1. The van der Waals surface area contributed by atoms with Crippen molar-refractivity contribution in [1.82, 2.24) is 4.31 Å². The molecule has 0 radical (unpaired) electrons. The summed E-state index contributed by atoms with van der Waals surface area (Å²) in [6, 6.07) is 3.95. The normalized spacial score (nSPS) is 13.2. The fourth-order valence-electron chi connectivity index (χ4n) is 1.21. The predicted molar refractivity (Wildman–Crippen MR) is 65.9 cm³/mol. The average Bonchev–Trinajstić information content (AvgIpc) is 2.78. The van der Waals surface area contributed by atoms with Gasteiger partial charge in [0.05, 0.1) is 12.5 Å². The highest BCUT2D eigenvalue weighted by Gasteiger charge is 2.27. The van der Waals surface area contributed by atoms with Crippen molar-refractivity contribution in [3.05, 3.63) is 17.0 Å². The molecule has 0 aliphatic heterocycles. The molecular weight excluding hydrogens is 276 g/mol. The van der Waals surface area contributed by atoms with Crippen LogP contribution >= 0.6 is 11.3 Å². The first-order chi connectivity index (χ1) is 8.30. The second-order valence-corrected chi connectivity index (χ2v) is 6.96. The number of carboxylic acid groups (broad SMARTS) is 1. The number of hydrogen-bond donors (Lipinski definition) is 1. The van der Waals surface area contributed by atoms with Crippen LogP contribution in [0.4, 0.5) is 0 Å². The van der Waals surface area contributed by atoms with E-state index in [1.165, 1.54) is 19.2 Å². The summed E-state index contributed by atoms with van der Waals surface area (Å²) in [6.45, 7) is 1.62. The van der Waals surface area contributed by atoms with Crippen LogP contribution in [0.3, 0.4) is 0 Å². The summed E-state index contributed by atoms with van der Waals surface area (Å²) < 4.78 is 25.3. The van der Waals surface area contributed by atoms with Gasteiger partial charge in [0.15, 0.2) is 0 Å². The third kappa shape index (κ3) is 2.87. The lowest BCUT2D eigenvalue weighted by atomic mass is 10.3. The highest BCUT2D eigenvalue weighted by atomic mass is 32.2. The van der Waals surface area contributed by atoms with Gasteiger partial charge in [0.25, 0.3) is 10.0 Å². The molecule has 8 heteroatoms. The van der Waals surface area contributed by atoms with Crippen LogP contribution in [-0.2, 0) is 10.0 Å². The van der Waals surface area contributed by atoms with Crippen molar-refractivity contribution in [2.24, 2.45) is 0 Å². The molecule has 18 heavy (non-hydrogen) atoms. The summed E-state index contributed by atoms with van der Waals surface area (Å²) in [5.41, 5.74) is 0. The first-order valence-electron chi connectivity index (χ1n) is 4.98. The van der Waals surface area contributed by atoms with Gasteiger partial charge in [0.2, 0.25) is 0 Å². The minimum Gasteiger partial charge on any atom is -0.477 e. The third-order valence-electron chi connectivity index (χ3n) is 2.43. The zero-order valence-corrected chi connectivity index (χ0v) is 11.5. The van der Waals surface area contributed by atoms with Crippen molar-refractivity contribution in [3.63, 3.8) is 0 Å². The molecule has 0 saturated heterocycles. The molecule has 0 saturated carbocycles. The van der Waals surface area contributed by atoms with Crippen molar-refractivity contribution in [3.8, 4) is 6.07 Å². The van der Waals surface area contributed by atoms with Crippen LogP contribution < -0.4 is 0 Å². The molecule has 0 aliphatic rings. The average molecular weight is 288 g/mol. The quantitative estimate of drug-likeness (QED) is 0.882. The first kappa shape index (κ1) is 14.6. The molecule has 0 aromatic carbocycles. The fraction of sp³-hybridized carbons (Fsp3) is 0.400. The summed E-state index contributed by atoms with van der Waals surface area (Å²) in [6.07, 6.45) is 0.0763. The lowest BCUT2D eigenvalue weighted by Gasteiger charge is -2.21. The Morgan fingerprint density at radius 1 is 1.61 bits per heavy atom. The number of carboxylic acids is 1. The molecule has 0 aliphatic carbocycles. The second kappa shape index (κ2) is 5.48. The van der Waals surface area contributed by atoms with E-state index in [1.807, 2.05) is 6.07 Å². The van der Waals surface area contributed by atoms with E-state index in [0.29, 0.717) is 11.3 Å². The number of nitrogens with zero attached hydrogens (tertiary/aromatic N) is 2. The van der Waals surface area contributed by atoms with E-state index < -0.39 is 22.0 Å². The van der Waals surface area contributed by atoms with Crippen molar-refractivity contribution in [2.45, 2.75) is 23.6 Å². The Balaban J connectivity index is 3.06. The van der Waals surface area contributed by atoms with E-state index in [2.05, 4.69) is 0 Å². The second-order valence-electron chi connectivity index (χ2n) is 3.66. The van der Waals surface area contributed by atoms with Gasteiger partial charge in [-0.05, 0) is 19.1 Å². The van der Waals surface area contributed by atoms with Gasteiger partial charge >= 0.3 is 5.97 Å². The molecule has 0 spiro atoms. The molecule has 98 valence electrons. The van der Waals surface area contributed by atoms with Crippen LogP contribution in [-0.4, -0.2) is 36.9 Å². The number of thiophene rings is 1. The number of aromatic carboxylic acids is 1. The molecule has 1 aromatic heterocycles. The fourth-order valence-corrected chi connectivity index (χ4v) is 3.90. The van der Waals surface area contributed by atoms with Gasteiger partial charge < -0.3 is 5.11 Å². The van der Waals surface area contributed by atoms with E-state index in [1.54, 1.807) is 6.92 Å². The zero-order chi connectivity index (χ0) is 13.9. The van der Waals surface area contributed by atoms with Gasteiger partial charge in [-0.3, -0.25) is 0 Å². The summed E-state index contributed by atoms with van der Waals surface area (Å²) in [5.74, 6) is -1.16. The molecule has 1 unspecified atom stereocenters. The monoisotopic (exact) mass is 288 g/mol. The lowest BCUT2D eigenvalue weighted by molar-refractivity contribution is 0.0702. The zero-order valence-electron chi connectivity index (χ0n) is 9.82. The summed E-state index contributed by atoms with van der Waals surface area (Å²) in [5, 5.41) is 17.3. The molecule has 0 amide bonds. The number of nitriles is 1. The molecule has 0 bridgehead atoms. The summed E-state index contributed by atoms with van der Waals surface area (Å²) in [4.78, 5) is 10.7. The van der Waals surface area contributed by atoms with Crippen molar-refractivity contribution in [2.75, 3.05) is 7.05 Å². The van der Waals surface area contributed by atoms with Gasteiger partial charge in [0.1, 0.15) is 9.09 Å². The number of hydrogen-bond acceptors (Lipinski definition) is 5. The summed E-state index contributed by atoms with van der Waals surface area (Å²) >= 11 is 0.700. The number of carbonyl (C=O) groups is 1. The van der Waals surface area contributed by atoms with E-state index in [0.717, 1.165) is 4.31 Å². The van der Waals surface area contributed by atoms with E-state index >= 15 is 0 Å². The van der Waals surface area contributed by atoms with Crippen LogP contribution in [0, 0.1) is 11.3 Å². The Morgan fingerprint density at radius 3 is 2.67 bits per heavy atom. The van der Waals surface area contributed by atoms with Gasteiger partial charge in [-0.15, -0.1) is 11.3 Å². The molecular formula is C10H12N2O4S2. The highest BCUT2D eigenvalue weighted by molar-refractivity contribution is 7.91. The predicted octanol–water partition coefficient (Wildman–Crippen LogP) is 1.37. The van der Waals surface area contributed by atoms with Gasteiger partial charge in [-0.25, -0.2) is 13.2 Å². The highest BCUT2D eigenvalue weighted by Crippen LogP contribution is 2.25. The van der Waals surface area contributed by atoms with Gasteiger partial charge in [0, 0.05) is 13.1 Å². The molecule has 1 rings (SSSR count). The molecule has 6 nitrogen and oxygen atoms in total. The Labute approximate surface area is 109 Å². The summed E-state index contributed by atoms with van der Waals surface area (Å²) in [7, 11) is -2.36. The van der Waals surface area contributed by atoms with Crippen LogP contribution in [0.5, 0.6) is 0 Å². The Bertz CT molecular complexity index is 585. The van der Waals surface area contributed by atoms with E-state index in [4.69, 9.17) is 10.4 Å². The number of rotatable bonds is 5. The van der Waals surface area contributed by atoms with Crippen molar-refractivity contribution >= 4 is 27.3 Å². The smallest absolute Gasteiger partial charge is 0.345 e. The van der Waals surface area contributed by atoms with Crippen LogP contribution in [0.15, 0.2) is 16.3 Å². The maximum atomic E-state index is 12.1. The van der Waals surface area contributed by atoms with Crippen LogP contribution in [0.1, 0.15) is 23.0 Å². The van der Waals surface area contributed by atoms with E-state index in [-0.39, 0.29) is 15.5 Å². The Hall–Kier alpha value is -1.43. The largest absolute Gasteiger partial charge is 0.477 e. The standard InChI is InChI=1S/C10H12N2O4S2/c1-7(5-6-11)12(2)18(15,16)9-4-3-8(17-9)10(13)14/h3-4,7H,5H2,1-2H3,(H,13,14). The maximum Gasteiger partial charge on any atom is 0.345 e. The minimum atomic E-state index is -3.74. The van der Waals surface area contributed by atoms with Crippen molar-refractivity contribution < 1.29 is 18.3 Å². The maximum absolute atomic E-state index is 12.1. The third-order valence-corrected chi connectivity index (χ3v) is 5.95. The molecule has 1 N–H and O–H groups in total. The Morgan fingerprint density at radius 2 is 2.22 bits per heavy atom. The molecule has 1 atom stereocenters. The molecule has 0 fully saturated rings. The van der Waals surface area contributed by atoms with Crippen LogP contribution in [0.25, 0.3) is 0 Å². The minimum absolute atomic E-state index is 0.0325. The Kier molecular flexibility index (Phi) is 4.45. The topological polar surface area (TPSA) is 98.5 Å². The number of sulfonamides is 1. The molecule has 1 aromatic rings. The van der Waals surface area contributed by atoms with Gasteiger partial charge in [-0.2, -0.15) is 9.57 Å². The lowest BCUT2D eigenvalue weighted by Crippen LogP contribution is -2.34. The van der Waals surface area contributed by atoms with Crippen molar-refractivity contribution in [1.29, 1.82) is 5.26 Å². The van der Waals surface area contributed by atoms with Crippen LogP contribution in [0.2, 0.25) is 0 Å². The molecule has 1 heterocycles. The first-order valence-corrected chi connectivity index (χ1v) is 7.24. The van der Waals surface area contributed by atoms with E-state index in [9.17, 15) is 13.2 Å². The van der Waals surface area contributed by atoms with Gasteiger partial charge in [-0.1, -0.05) is 0 Å².